The Hall–Kier alpha value is -1.64. The summed E-state index contributed by atoms with van der Waals surface area (Å²) < 4.78 is 25.1. The minimum absolute atomic E-state index is 0.117. The van der Waals surface area contributed by atoms with Gasteiger partial charge in [0.05, 0.1) is 6.10 Å². The number of rotatable bonds is 22. The van der Waals surface area contributed by atoms with E-state index in [0.29, 0.717) is 17.9 Å². The summed E-state index contributed by atoms with van der Waals surface area (Å²) in [5.41, 5.74) is 0.997. The standard InChI is InChI=1S/C34H54O6S/c1-3-4-5-6-7-8-9-10-11-12-13-14-15-16-17-20-29(40-32-21-18-19-26-39-32)27-31(35)33(34(36)37)41(38)30-24-22-28(2)23-25-30/h7-8,10-11,22-25,29,31-33,35H,3-6,9,12-21,26-27H2,1-2H3,(H,36,37)/b8-7-,11-10-. The number of carboxylic acids is 1. The van der Waals surface area contributed by atoms with Crippen molar-refractivity contribution in [3.8, 4) is 0 Å². The van der Waals surface area contributed by atoms with E-state index in [1.165, 1.54) is 38.5 Å². The first-order chi connectivity index (χ1) is 19.9. The van der Waals surface area contributed by atoms with Gasteiger partial charge in [-0.05, 0) is 76.8 Å². The maximum Gasteiger partial charge on any atom is 0.360 e. The number of aliphatic hydroxyl groups is 1. The van der Waals surface area contributed by atoms with Crippen molar-refractivity contribution in [2.24, 2.45) is 0 Å². The second kappa shape index (κ2) is 22.0. The largest absolute Gasteiger partial charge is 0.611 e. The van der Waals surface area contributed by atoms with Crippen LogP contribution >= 0.6 is 0 Å². The topological polar surface area (TPSA) is 99.1 Å². The molecule has 0 amide bonds. The summed E-state index contributed by atoms with van der Waals surface area (Å²) in [7, 11) is 0. The van der Waals surface area contributed by atoms with Crippen LogP contribution in [0, 0.1) is 6.92 Å². The van der Waals surface area contributed by atoms with Crippen LogP contribution in [0.5, 0.6) is 0 Å². The number of carbonyl (C=O) groups is 1. The fourth-order valence-corrected chi connectivity index (χ4v) is 6.35. The van der Waals surface area contributed by atoms with Gasteiger partial charge in [0.25, 0.3) is 0 Å². The van der Waals surface area contributed by atoms with Crippen molar-refractivity contribution in [2.45, 2.75) is 145 Å². The predicted octanol–water partition coefficient (Wildman–Crippen LogP) is 8.03. The Morgan fingerprint density at radius 1 is 1.02 bits per heavy atom. The molecule has 0 aliphatic carbocycles. The fourth-order valence-electron chi connectivity index (χ4n) is 5.07. The van der Waals surface area contributed by atoms with Crippen molar-refractivity contribution in [1.29, 1.82) is 0 Å². The zero-order valence-corrected chi connectivity index (χ0v) is 26.2. The molecule has 1 aliphatic rings. The second-order valence-electron chi connectivity index (χ2n) is 11.2. The average molecular weight is 591 g/mol. The zero-order chi connectivity index (χ0) is 29.7. The molecule has 232 valence electrons. The highest BCUT2D eigenvalue weighted by Gasteiger charge is 2.40. The van der Waals surface area contributed by atoms with Gasteiger partial charge in [-0.1, -0.05) is 87.4 Å². The lowest BCUT2D eigenvalue weighted by Gasteiger charge is -2.30. The van der Waals surface area contributed by atoms with Gasteiger partial charge in [-0.15, -0.1) is 0 Å². The summed E-state index contributed by atoms with van der Waals surface area (Å²) in [6.07, 6.45) is 23.5. The van der Waals surface area contributed by atoms with E-state index in [-0.39, 0.29) is 18.8 Å². The Kier molecular flexibility index (Phi) is 19.1. The van der Waals surface area contributed by atoms with Gasteiger partial charge in [0.2, 0.25) is 5.25 Å². The van der Waals surface area contributed by atoms with Crippen LogP contribution in [-0.2, 0) is 25.4 Å². The number of aliphatic hydroxyl groups excluding tert-OH is 1. The van der Waals surface area contributed by atoms with E-state index in [2.05, 4.69) is 31.2 Å². The molecule has 0 aromatic heterocycles. The zero-order valence-electron chi connectivity index (χ0n) is 25.4. The maximum atomic E-state index is 13.1. The van der Waals surface area contributed by atoms with E-state index in [0.717, 1.165) is 56.9 Å². The Morgan fingerprint density at radius 2 is 1.68 bits per heavy atom. The van der Waals surface area contributed by atoms with Gasteiger partial charge in [-0.2, -0.15) is 0 Å². The van der Waals surface area contributed by atoms with Gasteiger partial charge in [0, 0.05) is 24.2 Å². The molecule has 1 aromatic carbocycles. The Labute approximate surface area is 251 Å². The molecule has 2 N–H and O–H groups in total. The van der Waals surface area contributed by atoms with Crippen LogP contribution in [0.15, 0.2) is 53.5 Å². The third-order valence-corrected chi connectivity index (χ3v) is 9.25. The molecular formula is C34H54O6S. The summed E-state index contributed by atoms with van der Waals surface area (Å²) >= 11 is -1.88. The van der Waals surface area contributed by atoms with Crippen molar-refractivity contribution in [3.63, 3.8) is 0 Å². The summed E-state index contributed by atoms with van der Waals surface area (Å²) in [5.74, 6) is -1.26. The first-order valence-corrected chi connectivity index (χ1v) is 17.1. The summed E-state index contributed by atoms with van der Waals surface area (Å²) in [6.45, 7) is 4.80. The SMILES string of the molecule is CCCCC/C=C\C/C=C\CCCCCCCC(CC(O)C(C(=O)O)[S+]([O-])c1ccc(C)cc1)OC1CCCCO1. The van der Waals surface area contributed by atoms with Crippen LogP contribution in [-0.4, -0.2) is 51.1 Å². The van der Waals surface area contributed by atoms with E-state index in [1.54, 1.807) is 24.3 Å². The predicted molar refractivity (Wildman–Crippen MR) is 167 cm³/mol. The third kappa shape index (κ3) is 15.4. The highest BCUT2D eigenvalue weighted by Crippen LogP contribution is 2.26. The van der Waals surface area contributed by atoms with Crippen molar-refractivity contribution in [2.75, 3.05) is 6.61 Å². The number of benzene rings is 1. The molecule has 0 radical (unpaired) electrons. The van der Waals surface area contributed by atoms with Crippen LogP contribution in [0.2, 0.25) is 0 Å². The molecule has 0 spiro atoms. The smallest absolute Gasteiger partial charge is 0.360 e. The Balaban J connectivity index is 1.77. The number of ether oxygens (including phenoxy) is 2. The van der Waals surface area contributed by atoms with Gasteiger partial charge in [0.1, 0.15) is 6.10 Å². The quantitative estimate of drug-likeness (QED) is 0.0806. The van der Waals surface area contributed by atoms with Crippen LogP contribution in [0.1, 0.15) is 115 Å². The van der Waals surface area contributed by atoms with Crippen molar-refractivity contribution >= 4 is 17.1 Å². The number of carboxylic acid groups (broad SMARTS) is 1. The molecular weight excluding hydrogens is 536 g/mol. The molecule has 6 nitrogen and oxygen atoms in total. The fraction of sp³-hybridized carbons (Fsp3) is 0.676. The highest BCUT2D eigenvalue weighted by molar-refractivity contribution is 7.92. The van der Waals surface area contributed by atoms with Gasteiger partial charge in [0.15, 0.2) is 11.2 Å². The van der Waals surface area contributed by atoms with Crippen molar-refractivity contribution < 1.29 is 29.0 Å². The van der Waals surface area contributed by atoms with Crippen LogP contribution in [0.25, 0.3) is 0 Å². The maximum absolute atomic E-state index is 13.1. The molecule has 5 atom stereocenters. The van der Waals surface area contributed by atoms with Gasteiger partial charge in [-0.25, -0.2) is 4.79 Å². The summed E-state index contributed by atoms with van der Waals surface area (Å²) in [5, 5.41) is 19.4. The summed E-state index contributed by atoms with van der Waals surface area (Å²) in [6, 6.07) is 6.94. The van der Waals surface area contributed by atoms with Crippen LogP contribution < -0.4 is 0 Å². The molecule has 0 saturated carbocycles. The molecule has 0 bridgehead atoms. The number of hydrogen-bond acceptors (Lipinski definition) is 5. The van der Waals surface area contributed by atoms with Crippen molar-refractivity contribution in [1.82, 2.24) is 0 Å². The monoisotopic (exact) mass is 590 g/mol. The highest BCUT2D eigenvalue weighted by atomic mass is 32.2. The van der Waals surface area contributed by atoms with Crippen LogP contribution in [0.3, 0.4) is 0 Å². The van der Waals surface area contributed by atoms with Crippen molar-refractivity contribution in [3.05, 3.63) is 54.1 Å². The normalized spacial score (nSPS) is 19.0. The summed E-state index contributed by atoms with van der Waals surface area (Å²) in [4.78, 5) is 12.5. The molecule has 1 saturated heterocycles. The number of hydrogen-bond donors (Lipinski definition) is 2. The lowest BCUT2D eigenvalue weighted by Crippen LogP contribution is -2.43. The van der Waals surface area contributed by atoms with Gasteiger partial charge < -0.3 is 24.2 Å². The average Bonchev–Trinajstić information content (AvgIpc) is 2.95. The number of allylic oxidation sites excluding steroid dienone is 4. The minimum Gasteiger partial charge on any atom is -0.611 e. The first kappa shape index (κ1) is 35.6. The Morgan fingerprint density at radius 3 is 2.32 bits per heavy atom. The molecule has 2 rings (SSSR count). The van der Waals surface area contributed by atoms with E-state index in [9.17, 15) is 19.6 Å². The molecule has 41 heavy (non-hydrogen) atoms. The van der Waals surface area contributed by atoms with Crippen LogP contribution in [0.4, 0.5) is 0 Å². The molecule has 1 fully saturated rings. The first-order valence-electron chi connectivity index (χ1n) is 15.9. The lowest BCUT2D eigenvalue weighted by molar-refractivity contribution is -0.194. The number of unbranched alkanes of at least 4 members (excludes halogenated alkanes) is 8. The second-order valence-corrected chi connectivity index (χ2v) is 12.8. The molecule has 1 aliphatic heterocycles. The Bertz CT molecular complexity index is 864. The molecule has 1 heterocycles. The van der Waals surface area contributed by atoms with E-state index < -0.39 is 28.5 Å². The lowest BCUT2D eigenvalue weighted by atomic mass is 10.0. The van der Waals surface area contributed by atoms with E-state index in [4.69, 9.17) is 9.47 Å². The third-order valence-electron chi connectivity index (χ3n) is 7.54. The number of aryl methyl sites for hydroxylation is 1. The van der Waals surface area contributed by atoms with E-state index in [1.807, 2.05) is 6.92 Å². The molecule has 1 aromatic rings. The molecule has 5 unspecified atom stereocenters. The van der Waals surface area contributed by atoms with Gasteiger partial charge in [-0.3, -0.25) is 0 Å². The number of aliphatic carboxylic acids is 1. The minimum atomic E-state index is -1.88. The molecule has 7 heteroatoms. The van der Waals surface area contributed by atoms with E-state index >= 15 is 0 Å². The van der Waals surface area contributed by atoms with Gasteiger partial charge >= 0.3 is 5.97 Å².